The van der Waals surface area contributed by atoms with Gasteiger partial charge in [0.1, 0.15) is 0 Å². The van der Waals surface area contributed by atoms with Crippen LogP contribution in [0.2, 0.25) is 0 Å². The zero-order valence-corrected chi connectivity index (χ0v) is 9.65. The van der Waals surface area contributed by atoms with Gasteiger partial charge in [-0.15, -0.1) is 0 Å². The molecule has 1 saturated carbocycles. The van der Waals surface area contributed by atoms with Crippen molar-refractivity contribution in [3.05, 3.63) is 0 Å². The Morgan fingerprint density at radius 2 is 2.06 bits per heavy atom. The Kier molecular flexibility index (Phi) is 4.18. The number of amides is 1. The minimum Gasteiger partial charge on any atom is -0.391 e. The molecule has 2 N–H and O–H groups in total. The number of nitrogens with one attached hydrogen (secondary N) is 1. The van der Waals surface area contributed by atoms with Gasteiger partial charge in [0.15, 0.2) is 0 Å². The van der Waals surface area contributed by atoms with Crippen LogP contribution in [0.5, 0.6) is 0 Å². The number of rotatable bonds is 3. The standard InChI is InChI=1S/C12H21NO3/c14-11-6-2-1-5-10(11)13-12(15)8-9-4-3-7-16-9/h9-11,14H,1-8H2,(H,13,15)/t9?,10-,11-/m1/s1. The summed E-state index contributed by atoms with van der Waals surface area (Å²) < 4.78 is 5.42. The molecule has 0 radical (unpaired) electrons. The lowest BCUT2D eigenvalue weighted by molar-refractivity contribution is -0.125. The Bertz CT molecular complexity index is 238. The lowest BCUT2D eigenvalue weighted by Gasteiger charge is -2.28. The molecule has 0 bridgehead atoms. The van der Waals surface area contributed by atoms with Gasteiger partial charge in [0, 0.05) is 6.61 Å². The minimum absolute atomic E-state index is 0.0258. The number of aliphatic hydroxyl groups excluding tert-OH is 1. The van der Waals surface area contributed by atoms with E-state index in [0.29, 0.717) is 6.42 Å². The molecule has 1 saturated heterocycles. The summed E-state index contributed by atoms with van der Waals surface area (Å²) in [6.45, 7) is 0.782. The summed E-state index contributed by atoms with van der Waals surface area (Å²) in [7, 11) is 0. The summed E-state index contributed by atoms with van der Waals surface area (Å²) in [6, 6.07) is -0.0392. The summed E-state index contributed by atoms with van der Waals surface area (Å²) in [6.07, 6.45) is 6.11. The highest BCUT2D eigenvalue weighted by atomic mass is 16.5. The molecule has 1 amide bonds. The summed E-state index contributed by atoms with van der Waals surface area (Å²) in [4.78, 5) is 11.7. The van der Waals surface area contributed by atoms with E-state index in [1.165, 1.54) is 0 Å². The highest BCUT2D eigenvalue weighted by Crippen LogP contribution is 2.19. The number of carbonyl (C=O) groups excluding carboxylic acids is 1. The fraction of sp³-hybridized carbons (Fsp3) is 0.917. The molecule has 4 heteroatoms. The lowest BCUT2D eigenvalue weighted by atomic mass is 9.92. The molecule has 16 heavy (non-hydrogen) atoms. The van der Waals surface area contributed by atoms with Crippen molar-refractivity contribution in [1.29, 1.82) is 0 Å². The van der Waals surface area contributed by atoms with Crippen LogP contribution < -0.4 is 5.32 Å². The van der Waals surface area contributed by atoms with Crippen molar-refractivity contribution in [3.8, 4) is 0 Å². The van der Waals surface area contributed by atoms with Crippen molar-refractivity contribution in [3.63, 3.8) is 0 Å². The van der Waals surface area contributed by atoms with E-state index in [4.69, 9.17) is 4.74 Å². The Balaban J connectivity index is 1.72. The van der Waals surface area contributed by atoms with Crippen molar-refractivity contribution in [2.24, 2.45) is 0 Å². The summed E-state index contributed by atoms with van der Waals surface area (Å²) in [5, 5.41) is 12.7. The van der Waals surface area contributed by atoms with Gasteiger partial charge < -0.3 is 15.2 Å². The van der Waals surface area contributed by atoms with Gasteiger partial charge in [-0.1, -0.05) is 12.8 Å². The Morgan fingerprint density at radius 1 is 1.25 bits per heavy atom. The molecule has 92 valence electrons. The maximum atomic E-state index is 11.7. The van der Waals surface area contributed by atoms with E-state index in [1.54, 1.807) is 0 Å². The number of hydrogen-bond donors (Lipinski definition) is 2. The van der Waals surface area contributed by atoms with Gasteiger partial charge in [0.2, 0.25) is 5.91 Å². The normalized spacial score (nSPS) is 34.9. The molecule has 2 rings (SSSR count). The van der Waals surface area contributed by atoms with E-state index in [0.717, 1.165) is 45.1 Å². The first kappa shape index (κ1) is 11.9. The average molecular weight is 227 g/mol. The van der Waals surface area contributed by atoms with Gasteiger partial charge in [-0.2, -0.15) is 0 Å². The molecule has 3 atom stereocenters. The van der Waals surface area contributed by atoms with Crippen molar-refractivity contribution >= 4 is 5.91 Å². The van der Waals surface area contributed by atoms with Crippen molar-refractivity contribution in [2.45, 2.75) is 63.2 Å². The molecule has 2 aliphatic rings. The van der Waals surface area contributed by atoms with E-state index in [9.17, 15) is 9.90 Å². The predicted octanol–water partition coefficient (Wildman–Crippen LogP) is 0.975. The minimum atomic E-state index is -0.359. The number of ether oxygens (including phenoxy) is 1. The highest BCUT2D eigenvalue weighted by Gasteiger charge is 2.26. The molecule has 2 fully saturated rings. The molecule has 1 heterocycles. The molecule has 1 aliphatic carbocycles. The third kappa shape index (κ3) is 3.19. The Labute approximate surface area is 96.4 Å². The van der Waals surface area contributed by atoms with E-state index in [1.807, 2.05) is 0 Å². The monoisotopic (exact) mass is 227 g/mol. The zero-order chi connectivity index (χ0) is 11.4. The molecule has 0 aromatic carbocycles. The van der Waals surface area contributed by atoms with Gasteiger partial charge in [0.25, 0.3) is 0 Å². The van der Waals surface area contributed by atoms with Gasteiger partial charge in [0.05, 0.1) is 24.7 Å². The van der Waals surface area contributed by atoms with Gasteiger partial charge in [-0.3, -0.25) is 4.79 Å². The van der Waals surface area contributed by atoms with Crippen LogP contribution in [0.1, 0.15) is 44.9 Å². The lowest BCUT2D eigenvalue weighted by Crippen LogP contribution is -2.45. The van der Waals surface area contributed by atoms with Crippen LogP contribution in [0, 0.1) is 0 Å². The summed E-state index contributed by atoms with van der Waals surface area (Å²) in [5.41, 5.74) is 0. The maximum absolute atomic E-state index is 11.7. The van der Waals surface area contributed by atoms with Crippen LogP contribution in [0.25, 0.3) is 0 Å². The molecule has 0 aromatic heterocycles. The van der Waals surface area contributed by atoms with Crippen molar-refractivity contribution in [1.82, 2.24) is 5.32 Å². The molecule has 4 nitrogen and oxygen atoms in total. The second-order valence-corrected chi connectivity index (χ2v) is 4.86. The summed E-state index contributed by atoms with van der Waals surface area (Å²) >= 11 is 0. The first-order valence-corrected chi connectivity index (χ1v) is 6.35. The van der Waals surface area contributed by atoms with E-state index in [2.05, 4.69) is 5.32 Å². The van der Waals surface area contributed by atoms with Gasteiger partial charge in [-0.25, -0.2) is 0 Å². The topological polar surface area (TPSA) is 58.6 Å². The van der Waals surface area contributed by atoms with Crippen LogP contribution in [-0.2, 0) is 9.53 Å². The van der Waals surface area contributed by atoms with E-state index < -0.39 is 0 Å². The van der Waals surface area contributed by atoms with Crippen molar-refractivity contribution in [2.75, 3.05) is 6.61 Å². The molecule has 0 aromatic rings. The SMILES string of the molecule is O=C(CC1CCCO1)N[C@@H]1CCCC[C@H]1O. The number of aliphatic hydroxyl groups is 1. The molecular formula is C12H21NO3. The summed E-state index contributed by atoms with van der Waals surface area (Å²) in [5.74, 6) is 0.0258. The predicted molar refractivity (Wildman–Crippen MR) is 60.0 cm³/mol. The second kappa shape index (κ2) is 5.64. The van der Waals surface area contributed by atoms with Gasteiger partial charge in [-0.05, 0) is 25.7 Å². The Hall–Kier alpha value is -0.610. The number of hydrogen-bond acceptors (Lipinski definition) is 3. The smallest absolute Gasteiger partial charge is 0.222 e. The van der Waals surface area contributed by atoms with Crippen LogP contribution in [0.3, 0.4) is 0 Å². The molecular weight excluding hydrogens is 206 g/mol. The van der Waals surface area contributed by atoms with Crippen LogP contribution in [0.15, 0.2) is 0 Å². The quantitative estimate of drug-likeness (QED) is 0.755. The molecule has 1 aliphatic heterocycles. The molecule has 0 spiro atoms. The van der Waals surface area contributed by atoms with E-state index >= 15 is 0 Å². The first-order valence-electron chi connectivity index (χ1n) is 6.35. The third-order valence-corrected chi connectivity index (χ3v) is 3.51. The fourth-order valence-electron chi connectivity index (χ4n) is 2.56. The third-order valence-electron chi connectivity index (χ3n) is 3.51. The van der Waals surface area contributed by atoms with Crippen LogP contribution in [0.4, 0.5) is 0 Å². The number of carbonyl (C=O) groups is 1. The molecule has 1 unspecified atom stereocenters. The fourth-order valence-corrected chi connectivity index (χ4v) is 2.56. The van der Waals surface area contributed by atoms with E-state index in [-0.39, 0.29) is 24.2 Å². The maximum Gasteiger partial charge on any atom is 0.222 e. The first-order chi connectivity index (χ1) is 7.75. The second-order valence-electron chi connectivity index (χ2n) is 4.86. The van der Waals surface area contributed by atoms with Gasteiger partial charge >= 0.3 is 0 Å². The Morgan fingerprint density at radius 3 is 2.75 bits per heavy atom. The highest BCUT2D eigenvalue weighted by molar-refractivity contribution is 5.76. The average Bonchev–Trinajstić information content (AvgIpc) is 2.74. The van der Waals surface area contributed by atoms with Crippen LogP contribution in [-0.4, -0.2) is 35.9 Å². The van der Waals surface area contributed by atoms with Crippen LogP contribution >= 0.6 is 0 Å². The largest absolute Gasteiger partial charge is 0.391 e. The zero-order valence-electron chi connectivity index (χ0n) is 9.65. The van der Waals surface area contributed by atoms with Crippen molar-refractivity contribution < 1.29 is 14.6 Å².